The van der Waals surface area contributed by atoms with Gasteiger partial charge in [0.15, 0.2) is 0 Å². The quantitative estimate of drug-likeness (QED) is 0.767. The van der Waals surface area contributed by atoms with Gasteiger partial charge < -0.3 is 10.2 Å². The molecule has 0 radical (unpaired) electrons. The smallest absolute Gasteiger partial charge is 0.411 e. The summed E-state index contributed by atoms with van der Waals surface area (Å²) in [6.07, 6.45) is 0.434. The van der Waals surface area contributed by atoms with Gasteiger partial charge in [0.2, 0.25) is 0 Å². The van der Waals surface area contributed by atoms with Crippen LogP contribution in [0.3, 0.4) is 0 Å². The van der Waals surface area contributed by atoms with E-state index in [4.69, 9.17) is 10.2 Å². The topological polar surface area (TPSA) is 60.8 Å². The monoisotopic (exact) mass is 207 g/mol. The number of aliphatic hydroxyl groups is 1. The van der Waals surface area contributed by atoms with Crippen molar-refractivity contribution < 1.29 is 15.0 Å². The van der Waals surface area contributed by atoms with Gasteiger partial charge in [-0.15, -0.1) is 0 Å². The Hall–Kier alpha value is -1.55. The van der Waals surface area contributed by atoms with Gasteiger partial charge in [-0.25, -0.2) is 4.79 Å². The van der Waals surface area contributed by atoms with Gasteiger partial charge in [-0.2, -0.15) is 0 Å². The van der Waals surface area contributed by atoms with Crippen molar-refractivity contribution in [2.24, 2.45) is 0 Å². The van der Waals surface area contributed by atoms with Crippen LogP contribution >= 0.6 is 0 Å². The minimum absolute atomic E-state index is 0.101. The van der Waals surface area contributed by atoms with E-state index < -0.39 is 6.09 Å². The number of benzene rings is 1. The molecule has 2 rings (SSSR count). The lowest BCUT2D eigenvalue weighted by Gasteiger charge is -2.13. The molecule has 2 N–H and O–H groups in total. The standard InChI is InChI=1S/C11H13NO3/c13-7-5-8-2-1-3-10-9(8)4-6-12(10)11(14)15/h1-3,13H,4-7H2,(H,14,15). The molecule has 1 aromatic rings. The Kier molecular flexibility index (Phi) is 2.60. The molecule has 4 heteroatoms. The van der Waals surface area contributed by atoms with E-state index in [9.17, 15) is 4.79 Å². The Morgan fingerprint density at radius 1 is 1.47 bits per heavy atom. The highest BCUT2D eigenvalue weighted by molar-refractivity contribution is 5.89. The Bertz CT molecular complexity index is 389. The third-order valence-corrected chi connectivity index (χ3v) is 2.74. The number of aliphatic hydroxyl groups excluding tert-OH is 1. The molecule has 0 spiro atoms. The second kappa shape index (κ2) is 3.90. The van der Waals surface area contributed by atoms with Crippen LogP contribution in [0.2, 0.25) is 0 Å². The van der Waals surface area contributed by atoms with Crippen LogP contribution in [0.1, 0.15) is 11.1 Å². The molecule has 0 saturated carbocycles. The summed E-state index contributed by atoms with van der Waals surface area (Å²) in [6, 6.07) is 5.60. The van der Waals surface area contributed by atoms with Crippen LogP contribution < -0.4 is 4.90 Å². The molecule has 1 heterocycles. The molecule has 0 fully saturated rings. The average molecular weight is 207 g/mol. The van der Waals surface area contributed by atoms with Crippen LogP contribution in [0.4, 0.5) is 10.5 Å². The molecule has 4 nitrogen and oxygen atoms in total. The fourth-order valence-corrected chi connectivity index (χ4v) is 2.06. The van der Waals surface area contributed by atoms with Crippen LogP contribution in [0.25, 0.3) is 0 Å². The predicted octanol–water partition coefficient (Wildman–Crippen LogP) is 1.26. The lowest BCUT2D eigenvalue weighted by molar-refractivity contribution is 0.202. The lowest BCUT2D eigenvalue weighted by atomic mass is 10.0. The fraction of sp³-hybridized carbons (Fsp3) is 0.364. The molecular formula is C11H13NO3. The van der Waals surface area contributed by atoms with Crippen LogP contribution in [0, 0.1) is 0 Å². The summed E-state index contributed by atoms with van der Waals surface area (Å²) >= 11 is 0. The van der Waals surface area contributed by atoms with E-state index in [0.29, 0.717) is 13.0 Å². The number of rotatable bonds is 2. The summed E-state index contributed by atoms with van der Waals surface area (Å²) in [5.41, 5.74) is 2.89. The van der Waals surface area contributed by atoms with E-state index in [1.807, 2.05) is 18.2 Å². The largest absolute Gasteiger partial charge is 0.465 e. The number of carbonyl (C=O) groups is 1. The molecule has 0 bridgehead atoms. The molecule has 1 aromatic carbocycles. The van der Waals surface area contributed by atoms with E-state index in [2.05, 4.69) is 0 Å². The Balaban J connectivity index is 2.38. The van der Waals surface area contributed by atoms with Crippen LogP contribution in [0.15, 0.2) is 18.2 Å². The highest BCUT2D eigenvalue weighted by Crippen LogP contribution is 2.30. The Labute approximate surface area is 87.8 Å². The van der Waals surface area contributed by atoms with Gasteiger partial charge in [0, 0.05) is 13.2 Å². The first-order chi connectivity index (χ1) is 7.24. The van der Waals surface area contributed by atoms with Gasteiger partial charge in [-0.05, 0) is 30.0 Å². The van der Waals surface area contributed by atoms with E-state index >= 15 is 0 Å². The number of amides is 1. The van der Waals surface area contributed by atoms with Crippen molar-refractivity contribution in [2.45, 2.75) is 12.8 Å². The average Bonchev–Trinajstić information content (AvgIpc) is 2.62. The van der Waals surface area contributed by atoms with Gasteiger partial charge in [0.25, 0.3) is 0 Å². The summed E-state index contributed by atoms with van der Waals surface area (Å²) in [7, 11) is 0. The summed E-state index contributed by atoms with van der Waals surface area (Å²) in [6.45, 7) is 0.622. The van der Waals surface area contributed by atoms with Gasteiger partial charge in [-0.3, -0.25) is 4.90 Å². The van der Waals surface area contributed by atoms with Crippen LogP contribution in [0.5, 0.6) is 0 Å². The molecule has 80 valence electrons. The fourth-order valence-electron chi connectivity index (χ4n) is 2.06. The summed E-state index contributed by atoms with van der Waals surface area (Å²) in [4.78, 5) is 12.3. The van der Waals surface area contributed by atoms with E-state index in [1.165, 1.54) is 4.90 Å². The number of anilines is 1. The second-order valence-corrected chi connectivity index (χ2v) is 3.57. The number of nitrogens with zero attached hydrogens (tertiary/aromatic N) is 1. The van der Waals surface area contributed by atoms with Gasteiger partial charge in [-0.1, -0.05) is 12.1 Å². The molecule has 0 aliphatic carbocycles. The summed E-state index contributed by atoms with van der Waals surface area (Å²) < 4.78 is 0. The van der Waals surface area contributed by atoms with Crippen LogP contribution in [-0.4, -0.2) is 29.5 Å². The molecule has 0 unspecified atom stereocenters. The van der Waals surface area contributed by atoms with Gasteiger partial charge in [0.05, 0.1) is 5.69 Å². The zero-order valence-electron chi connectivity index (χ0n) is 8.31. The SMILES string of the molecule is O=C(O)N1CCc2c(CCO)cccc21. The molecular weight excluding hydrogens is 194 g/mol. The minimum atomic E-state index is -0.908. The van der Waals surface area contributed by atoms with Crippen molar-refractivity contribution in [3.63, 3.8) is 0 Å². The normalized spacial score (nSPS) is 14.1. The number of hydrogen-bond donors (Lipinski definition) is 2. The predicted molar refractivity (Wildman–Crippen MR) is 56.3 cm³/mol. The van der Waals surface area contributed by atoms with Crippen LogP contribution in [-0.2, 0) is 12.8 Å². The van der Waals surface area contributed by atoms with E-state index in [-0.39, 0.29) is 6.61 Å². The molecule has 0 saturated heterocycles. The number of fused-ring (bicyclic) bond motifs is 1. The van der Waals surface area contributed by atoms with E-state index in [0.717, 1.165) is 23.2 Å². The lowest BCUT2D eigenvalue weighted by Crippen LogP contribution is -2.26. The highest BCUT2D eigenvalue weighted by Gasteiger charge is 2.25. The molecule has 1 aliphatic rings. The van der Waals surface area contributed by atoms with Gasteiger partial charge >= 0.3 is 6.09 Å². The van der Waals surface area contributed by atoms with Crippen molar-refractivity contribution in [1.29, 1.82) is 0 Å². The van der Waals surface area contributed by atoms with Crippen molar-refractivity contribution in [2.75, 3.05) is 18.1 Å². The maximum atomic E-state index is 10.9. The maximum absolute atomic E-state index is 10.9. The van der Waals surface area contributed by atoms with Crippen molar-refractivity contribution in [1.82, 2.24) is 0 Å². The second-order valence-electron chi connectivity index (χ2n) is 3.57. The van der Waals surface area contributed by atoms with E-state index in [1.54, 1.807) is 0 Å². The zero-order chi connectivity index (χ0) is 10.8. The van der Waals surface area contributed by atoms with Gasteiger partial charge in [0.1, 0.15) is 0 Å². The van der Waals surface area contributed by atoms with Crippen molar-refractivity contribution in [3.05, 3.63) is 29.3 Å². The minimum Gasteiger partial charge on any atom is -0.465 e. The molecule has 0 atom stereocenters. The third-order valence-electron chi connectivity index (χ3n) is 2.74. The number of carboxylic acid groups (broad SMARTS) is 1. The number of hydrogen-bond acceptors (Lipinski definition) is 2. The summed E-state index contributed by atoms with van der Waals surface area (Å²) in [5.74, 6) is 0. The first kappa shape index (κ1) is 9.98. The third kappa shape index (κ3) is 1.68. The van der Waals surface area contributed by atoms with Crippen molar-refractivity contribution >= 4 is 11.8 Å². The zero-order valence-corrected chi connectivity index (χ0v) is 8.31. The highest BCUT2D eigenvalue weighted by atomic mass is 16.4. The first-order valence-corrected chi connectivity index (χ1v) is 4.96. The first-order valence-electron chi connectivity index (χ1n) is 4.96. The molecule has 0 aromatic heterocycles. The maximum Gasteiger partial charge on any atom is 0.411 e. The summed E-state index contributed by atoms with van der Waals surface area (Å²) in [5, 5.41) is 17.9. The Morgan fingerprint density at radius 3 is 2.93 bits per heavy atom. The molecule has 1 amide bonds. The van der Waals surface area contributed by atoms with Crippen molar-refractivity contribution in [3.8, 4) is 0 Å². The molecule has 15 heavy (non-hydrogen) atoms. The Morgan fingerprint density at radius 2 is 2.27 bits per heavy atom. The molecule has 1 aliphatic heterocycles.